The molecule has 0 saturated carbocycles. The van der Waals surface area contributed by atoms with Gasteiger partial charge >= 0.3 is 0 Å². The van der Waals surface area contributed by atoms with Crippen LogP contribution < -0.4 is 20.4 Å². The third-order valence-electron chi connectivity index (χ3n) is 6.12. The van der Waals surface area contributed by atoms with E-state index in [4.69, 9.17) is 4.74 Å². The summed E-state index contributed by atoms with van der Waals surface area (Å²) < 4.78 is 33.0. The SMILES string of the molecule is O=C(Nc1ccc(N2CCOCC2)cc1N1CCC(F)(F)CC1)C1=CSC(c2cn[nH]c2)N1. The molecule has 1 unspecified atom stereocenters. The molecule has 4 heterocycles. The minimum absolute atomic E-state index is 0.0861. The number of carbonyl (C=O) groups is 1. The minimum atomic E-state index is -2.64. The van der Waals surface area contributed by atoms with Crippen LogP contribution in [0.25, 0.3) is 0 Å². The molecular formula is C22H26F2N6O2S. The highest BCUT2D eigenvalue weighted by molar-refractivity contribution is 8.02. The summed E-state index contributed by atoms with van der Waals surface area (Å²) in [5, 5.41) is 14.6. The number of rotatable bonds is 5. The van der Waals surface area contributed by atoms with Gasteiger partial charge in [-0.05, 0) is 18.2 Å². The first-order valence-corrected chi connectivity index (χ1v) is 11.9. The van der Waals surface area contributed by atoms with Gasteiger partial charge in [0, 0.05) is 61.9 Å². The molecule has 1 aromatic carbocycles. The molecule has 3 aliphatic rings. The lowest BCUT2D eigenvalue weighted by Crippen LogP contribution is -2.40. The smallest absolute Gasteiger partial charge is 0.272 e. The monoisotopic (exact) mass is 476 g/mol. The van der Waals surface area contributed by atoms with Crippen LogP contribution in [0.1, 0.15) is 23.8 Å². The zero-order valence-corrected chi connectivity index (χ0v) is 18.8. The van der Waals surface area contributed by atoms with Crippen LogP contribution in [-0.2, 0) is 9.53 Å². The number of ether oxygens (including phenoxy) is 1. The molecule has 2 aromatic rings. The van der Waals surface area contributed by atoms with Crippen LogP contribution >= 0.6 is 11.8 Å². The van der Waals surface area contributed by atoms with E-state index in [2.05, 4.69) is 25.7 Å². The standard InChI is InChI=1S/C22H26F2N6O2S/c23-22(24)3-5-30(6-4-22)19-11-16(29-7-9-32-10-8-29)1-2-17(19)27-20(31)18-14-33-21(28-18)15-12-25-26-13-15/h1-2,11-14,21,28H,3-10H2,(H,25,26)(H,27,31). The molecule has 1 aromatic heterocycles. The van der Waals surface area contributed by atoms with Crippen LogP contribution in [0.15, 0.2) is 41.7 Å². The van der Waals surface area contributed by atoms with Gasteiger partial charge < -0.3 is 25.2 Å². The summed E-state index contributed by atoms with van der Waals surface area (Å²) in [5.41, 5.74) is 3.78. The number of alkyl halides is 2. The summed E-state index contributed by atoms with van der Waals surface area (Å²) in [7, 11) is 0. The van der Waals surface area contributed by atoms with Gasteiger partial charge in [-0.2, -0.15) is 5.10 Å². The Morgan fingerprint density at radius 3 is 2.70 bits per heavy atom. The van der Waals surface area contributed by atoms with Gasteiger partial charge in [-0.15, -0.1) is 11.8 Å². The van der Waals surface area contributed by atoms with Crippen LogP contribution in [-0.4, -0.2) is 61.4 Å². The van der Waals surface area contributed by atoms with Gasteiger partial charge in [-0.3, -0.25) is 9.89 Å². The zero-order chi connectivity index (χ0) is 22.8. The van der Waals surface area contributed by atoms with Crippen LogP contribution in [0, 0.1) is 0 Å². The number of piperidine rings is 1. The van der Waals surface area contributed by atoms with E-state index in [-0.39, 0.29) is 37.2 Å². The number of aromatic amines is 1. The number of nitrogens with one attached hydrogen (secondary N) is 3. The molecule has 0 bridgehead atoms. The molecule has 0 spiro atoms. The topological polar surface area (TPSA) is 85.5 Å². The molecule has 5 rings (SSSR count). The summed E-state index contributed by atoms with van der Waals surface area (Å²) in [5.74, 6) is -2.91. The average Bonchev–Trinajstić information content (AvgIpc) is 3.52. The fourth-order valence-electron chi connectivity index (χ4n) is 4.20. The average molecular weight is 477 g/mol. The van der Waals surface area contributed by atoms with Crippen molar-refractivity contribution >= 4 is 34.7 Å². The quantitative estimate of drug-likeness (QED) is 0.611. The maximum atomic E-state index is 13.8. The Hall–Kier alpha value is -2.79. The fraction of sp³-hybridized carbons (Fsp3) is 0.455. The Morgan fingerprint density at radius 2 is 1.97 bits per heavy atom. The van der Waals surface area contributed by atoms with Gasteiger partial charge in [-0.25, -0.2) is 8.78 Å². The number of aromatic nitrogens is 2. The Labute approximate surface area is 194 Å². The van der Waals surface area contributed by atoms with Crippen molar-refractivity contribution in [3.8, 4) is 0 Å². The molecule has 0 aliphatic carbocycles. The maximum Gasteiger partial charge on any atom is 0.272 e. The normalized spacial score (nSPS) is 22.6. The van der Waals surface area contributed by atoms with Gasteiger partial charge in [0.15, 0.2) is 0 Å². The molecule has 2 saturated heterocycles. The largest absolute Gasteiger partial charge is 0.378 e. The zero-order valence-electron chi connectivity index (χ0n) is 18.0. The molecule has 8 nitrogen and oxygen atoms in total. The minimum Gasteiger partial charge on any atom is -0.378 e. The van der Waals surface area contributed by atoms with Crippen LogP contribution in [0.5, 0.6) is 0 Å². The van der Waals surface area contributed by atoms with E-state index >= 15 is 0 Å². The third-order valence-corrected chi connectivity index (χ3v) is 7.15. The first-order chi connectivity index (χ1) is 16.0. The van der Waals surface area contributed by atoms with Crippen LogP contribution in [0.2, 0.25) is 0 Å². The highest BCUT2D eigenvalue weighted by atomic mass is 32.2. The summed E-state index contributed by atoms with van der Waals surface area (Å²) in [6.45, 7) is 3.32. The lowest BCUT2D eigenvalue weighted by atomic mass is 10.0. The molecule has 1 amide bonds. The van der Waals surface area contributed by atoms with Gasteiger partial charge in [0.25, 0.3) is 11.8 Å². The van der Waals surface area contributed by atoms with Crippen molar-refractivity contribution in [2.75, 3.05) is 54.5 Å². The van der Waals surface area contributed by atoms with E-state index < -0.39 is 5.92 Å². The lowest BCUT2D eigenvalue weighted by molar-refractivity contribution is -0.113. The number of anilines is 3. The third kappa shape index (κ3) is 4.93. The Morgan fingerprint density at radius 1 is 1.18 bits per heavy atom. The van der Waals surface area contributed by atoms with E-state index in [9.17, 15) is 13.6 Å². The lowest BCUT2D eigenvalue weighted by Gasteiger charge is -2.36. The summed E-state index contributed by atoms with van der Waals surface area (Å²) in [6, 6.07) is 5.81. The number of thioether (sulfide) groups is 1. The molecule has 0 radical (unpaired) electrons. The van der Waals surface area contributed by atoms with Gasteiger partial charge in [0.2, 0.25) is 0 Å². The molecule has 3 N–H and O–H groups in total. The summed E-state index contributed by atoms with van der Waals surface area (Å²) >= 11 is 1.49. The molecule has 2 fully saturated rings. The van der Waals surface area contributed by atoms with Crippen molar-refractivity contribution in [3.05, 3.63) is 47.3 Å². The number of morpholine rings is 1. The van der Waals surface area contributed by atoms with Gasteiger partial charge in [0.1, 0.15) is 11.1 Å². The van der Waals surface area contributed by atoms with Gasteiger partial charge in [0.05, 0.1) is 30.8 Å². The number of amides is 1. The van der Waals surface area contributed by atoms with Crippen molar-refractivity contribution in [1.82, 2.24) is 15.5 Å². The van der Waals surface area contributed by atoms with Crippen LogP contribution in [0.4, 0.5) is 25.8 Å². The van der Waals surface area contributed by atoms with Crippen molar-refractivity contribution < 1.29 is 18.3 Å². The second kappa shape index (κ2) is 9.22. The number of nitrogens with zero attached hydrogens (tertiary/aromatic N) is 3. The Bertz CT molecular complexity index is 1020. The van der Waals surface area contributed by atoms with Crippen molar-refractivity contribution in [3.63, 3.8) is 0 Å². The fourth-order valence-corrected chi connectivity index (χ4v) is 5.13. The number of hydrogen-bond donors (Lipinski definition) is 3. The molecule has 11 heteroatoms. The molecule has 1 atom stereocenters. The van der Waals surface area contributed by atoms with E-state index in [1.54, 1.807) is 17.8 Å². The number of carbonyl (C=O) groups excluding carboxylic acids is 1. The predicted molar refractivity (Wildman–Crippen MR) is 125 cm³/mol. The van der Waals surface area contributed by atoms with E-state index in [1.807, 2.05) is 23.1 Å². The summed E-state index contributed by atoms with van der Waals surface area (Å²) in [6.07, 6.45) is 3.11. The molecule has 33 heavy (non-hydrogen) atoms. The summed E-state index contributed by atoms with van der Waals surface area (Å²) in [4.78, 5) is 17.2. The second-order valence-corrected chi connectivity index (χ2v) is 9.30. The van der Waals surface area contributed by atoms with Crippen molar-refractivity contribution in [1.29, 1.82) is 0 Å². The highest BCUT2D eigenvalue weighted by Gasteiger charge is 2.35. The van der Waals surface area contributed by atoms with E-state index in [0.717, 1.165) is 30.0 Å². The van der Waals surface area contributed by atoms with Crippen molar-refractivity contribution in [2.45, 2.75) is 24.1 Å². The van der Waals surface area contributed by atoms with E-state index in [0.29, 0.717) is 24.6 Å². The first kappa shape index (κ1) is 22.0. The number of H-pyrrole nitrogens is 1. The van der Waals surface area contributed by atoms with Crippen molar-refractivity contribution in [2.24, 2.45) is 0 Å². The Balaban J connectivity index is 1.35. The first-order valence-electron chi connectivity index (χ1n) is 11.0. The number of halogens is 2. The number of hydrogen-bond acceptors (Lipinski definition) is 7. The Kier molecular flexibility index (Phi) is 6.15. The molecule has 3 aliphatic heterocycles. The predicted octanol–water partition coefficient (Wildman–Crippen LogP) is 3.30. The number of benzene rings is 1. The van der Waals surface area contributed by atoms with E-state index in [1.165, 1.54) is 11.8 Å². The highest BCUT2D eigenvalue weighted by Crippen LogP contribution is 2.38. The maximum absolute atomic E-state index is 13.8. The van der Waals surface area contributed by atoms with Gasteiger partial charge in [-0.1, -0.05) is 0 Å². The molecule has 176 valence electrons. The van der Waals surface area contributed by atoms with Crippen LogP contribution in [0.3, 0.4) is 0 Å². The second-order valence-electron chi connectivity index (χ2n) is 8.32. The molecular weight excluding hydrogens is 450 g/mol.